The van der Waals surface area contributed by atoms with Gasteiger partial charge in [-0.15, -0.1) is 0 Å². The van der Waals surface area contributed by atoms with Gasteiger partial charge in [-0.25, -0.2) is 0 Å². The minimum atomic E-state index is -1.87. The zero-order chi connectivity index (χ0) is 22.6. The van der Waals surface area contributed by atoms with Crippen molar-refractivity contribution in [1.82, 2.24) is 4.98 Å². The highest BCUT2D eigenvalue weighted by Gasteiger charge is 2.40. The third kappa shape index (κ3) is 5.87. The van der Waals surface area contributed by atoms with Gasteiger partial charge in [-0.3, -0.25) is 4.98 Å². The van der Waals surface area contributed by atoms with Crippen molar-refractivity contribution < 1.29 is 13.9 Å². The Balaban J connectivity index is 2.35. The van der Waals surface area contributed by atoms with Crippen LogP contribution in [0.15, 0.2) is 36.7 Å². The summed E-state index contributed by atoms with van der Waals surface area (Å²) in [4.78, 5) is 4.52. The lowest BCUT2D eigenvalue weighted by Crippen LogP contribution is -2.44. The molecule has 1 unspecified atom stereocenters. The Hall–Kier alpha value is -0.893. The molecule has 1 heterocycles. The van der Waals surface area contributed by atoms with Crippen LogP contribution in [0.3, 0.4) is 0 Å². The zero-order valence-corrected chi connectivity index (χ0v) is 23.2. The van der Waals surface area contributed by atoms with Crippen molar-refractivity contribution in [2.24, 2.45) is 0 Å². The molecule has 2 aromatic rings. The van der Waals surface area contributed by atoms with E-state index in [1.807, 2.05) is 37.5 Å². The molecule has 166 valence electrons. The van der Waals surface area contributed by atoms with Gasteiger partial charge < -0.3 is 13.9 Å². The van der Waals surface area contributed by atoms with E-state index in [0.717, 1.165) is 28.2 Å². The van der Waals surface area contributed by atoms with Crippen molar-refractivity contribution in [3.05, 3.63) is 42.2 Å². The fourth-order valence-corrected chi connectivity index (χ4v) is 4.75. The molecule has 30 heavy (non-hydrogen) atoms. The highest BCUT2D eigenvalue weighted by atomic mass is 79.9. The molecule has 0 aliphatic heterocycles. The number of ether oxygens (including phenoxy) is 2. The van der Waals surface area contributed by atoms with Gasteiger partial charge in [-0.2, -0.15) is 0 Å². The van der Waals surface area contributed by atoms with Crippen molar-refractivity contribution in [2.75, 3.05) is 25.7 Å². The maximum atomic E-state index is 6.53. The molecule has 0 fully saturated rings. The maximum Gasteiger partial charge on any atom is 0.192 e. The van der Waals surface area contributed by atoms with Gasteiger partial charge >= 0.3 is 0 Å². The fourth-order valence-electron chi connectivity index (χ4n) is 2.68. The molecule has 0 saturated carbocycles. The summed E-state index contributed by atoms with van der Waals surface area (Å²) in [6.07, 6.45) is 3.78. The number of halogens is 2. The Morgan fingerprint density at radius 2 is 1.73 bits per heavy atom. The molecular weight excluding hydrogens is 526 g/mol. The number of rotatable bonds is 9. The fraction of sp³-hybridized carbons (Fsp3) is 0.522. The molecule has 4 nitrogen and oxygen atoms in total. The Labute approximate surface area is 199 Å². The SMILES string of the molecule is CCOc1cc(-c2cncc(C(Br)(CBr)CO[Si](C)(C)C(C)(C)C)c2)ccc1OC. The smallest absolute Gasteiger partial charge is 0.192 e. The second-order valence-corrected chi connectivity index (χ2v) is 15.8. The molecule has 0 aliphatic carbocycles. The summed E-state index contributed by atoms with van der Waals surface area (Å²) in [5, 5.41) is 0.874. The number of methoxy groups -OCH3 is 1. The van der Waals surface area contributed by atoms with E-state index in [9.17, 15) is 0 Å². The second-order valence-electron chi connectivity index (χ2n) is 8.91. The minimum Gasteiger partial charge on any atom is -0.493 e. The van der Waals surface area contributed by atoms with Gasteiger partial charge in [-0.05, 0) is 54.4 Å². The van der Waals surface area contributed by atoms with Gasteiger partial charge in [0.05, 0.1) is 24.6 Å². The van der Waals surface area contributed by atoms with Crippen LogP contribution in [-0.4, -0.2) is 39.0 Å². The van der Waals surface area contributed by atoms with Crippen molar-refractivity contribution in [2.45, 2.75) is 50.2 Å². The van der Waals surface area contributed by atoms with Crippen LogP contribution in [0.1, 0.15) is 33.3 Å². The van der Waals surface area contributed by atoms with E-state index in [0.29, 0.717) is 18.5 Å². The Bertz CT molecular complexity index is 855. The van der Waals surface area contributed by atoms with Gasteiger partial charge in [0.1, 0.15) is 0 Å². The first-order valence-electron chi connectivity index (χ1n) is 10.1. The number of pyridine rings is 1. The summed E-state index contributed by atoms with van der Waals surface area (Å²) in [6, 6.07) is 8.12. The summed E-state index contributed by atoms with van der Waals surface area (Å²) < 4.78 is 17.3. The lowest BCUT2D eigenvalue weighted by Gasteiger charge is -2.39. The van der Waals surface area contributed by atoms with E-state index in [2.05, 4.69) is 76.8 Å². The Kier molecular flexibility index (Phi) is 8.58. The molecule has 2 rings (SSSR count). The molecule has 0 bridgehead atoms. The van der Waals surface area contributed by atoms with Gasteiger partial charge in [-0.1, -0.05) is 58.7 Å². The van der Waals surface area contributed by atoms with E-state index in [-0.39, 0.29) is 9.36 Å². The van der Waals surface area contributed by atoms with E-state index in [1.54, 1.807) is 7.11 Å². The van der Waals surface area contributed by atoms with Crippen LogP contribution in [0.25, 0.3) is 11.1 Å². The van der Waals surface area contributed by atoms with Crippen LogP contribution in [0.2, 0.25) is 18.1 Å². The van der Waals surface area contributed by atoms with Crippen molar-refractivity contribution >= 4 is 40.2 Å². The van der Waals surface area contributed by atoms with Crippen molar-refractivity contribution in [3.63, 3.8) is 0 Å². The third-order valence-corrected chi connectivity index (χ3v) is 12.9. The number of hydrogen-bond acceptors (Lipinski definition) is 4. The first kappa shape index (κ1) is 25.4. The highest BCUT2D eigenvalue weighted by Crippen LogP contribution is 2.41. The molecule has 7 heteroatoms. The van der Waals surface area contributed by atoms with Crippen LogP contribution >= 0.6 is 31.9 Å². The summed E-state index contributed by atoms with van der Waals surface area (Å²) in [5.41, 5.74) is 3.13. The van der Waals surface area contributed by atoms with Crippen molar-refractivity contribution in [3.8, 4) is 22.6 Å². The normalized spacial score (nSPS) is 14.3. The Morgan fingerprint density at radius 1 is 1.03 bits per heavy atom. The molecule has 0 aliphatic rings. The molecule has 1 atom stereocenters. The first-order chi connectivity index (χ1) is 14.0. The standard InChI is InChI=1S/C23H33Br2NO3Si/c1-8-28-21-12-17(9-10-20(21)27-5)18-11-19(14-26-13-18)23(25,15-24)16-29-30(6,7)22(2,3)4/h9-14H,8,15-16H2,1-7H3. The minimum absolute atomic E-state index is 0.159. The monoisotopic (exact) mass is 557 g/mol. The van der Waals surface area contributed by atoms with E-state index < -0.39 is 8.32 Å². The Morgan fingerprint density at radius 3 is 2.30 bits per heavy atom. The molecule has 0 N–H and O–H groups in total. The van der Waals surface area contributed by atoms with Crippen LogP contribution in [0.5, 0.6) is 11.5 Å². The lowest BCUT2D eigenvalue weighted by molar-refractivity contribution is 0.261. The van der Waals surface area contributed by atoms with Gasteiger partial charge in [0.2, 0.25) is 0 Å². The molecule has 0 spiro atoms. The summed E-state index contributed by atoms with van der Waals surface area (Å²) >= 11 is 7.63. The third-order valence-electron chi connectivity index (χ3n) is 5.73. The number of aromatic nitrogens is 1. The number of alkyl halides is 2. The number of benzene rings is 1. The van der Waals surface area contributed by atoms with Gasteiger partial charge in [0.15, 0.2) is 19.8 Å². The largest absolute Gasteiger partial charge is 0.493 e. The van der Waals surface area contributed by atoms with E-state index in [4.69, 9.17) is 13.9 Å². The van der Waals surface area contributed by atoms with Gasteiger partial charge in [0, 0.05) is 23.3 Å². The quantitative estimate of drug-likeness (QED) is 0.242. The predicted octanol–water partition coefficient (Wildman–Crippen LogP) is 7.16. The zero-order valence-electron chi connectivity index (χ0n) is 19.0. The number of hydrogen-bond donors (Lipinski definition) is 0. The molecule has 1 aromatic carbocycles. The summed E-state index contributed by atoms with van der Waals surface area (Å²) in [7, 11) is -0.220. The molecule has 1 aromatic heterocycles. The second kappa shape index (κ2) is 10.2. The van der Waals surface area contributed by atoms with E-state index >= 15 is 0 Å². The van der Waals surface area contributed by atoms with Crippen LogP contribution in [0.4, 0.5) is 0 Å². The predicted molar refractivity (Wildman–Crippen MR) is 135 cm³/mol. The molecular formula is C23H33Br2NO3Si. The highest BCUT2D eigenvalue weighted by molar-refractivity contribution is 9.12. The van der Waals surface area contributed by atoms with Crippen LogP contribution < -0.4 is 9.47 Å². The van der Waals surface area contributed by atoms with Crippen LogP contribution in [-0.2, 0) is 8.75 Å². The van der Waals surface area contributed by atoms with Crippen LogP contribution in [0, 0.1) is 0 Å². The van der Waals surface area contributed by atoms with E-state index in [1.165, 1.54) is 0 Å². The molecule has 0 saturated heterocycles. The summed E-state index contributed by atoms with van der Waals surface area (Å²) in [5.74, 6) is 1.46. The number of nitrogens with zero attached hydrogens (tertiary/aromatic N) is 1. The average Bonchev–Trinajstić information content (AvgIpc) is 2.71. The lowest BCUT2D eigenvalue weighted by atomic mass is 9.99. The van der Waals surface area contributed by atoms with Crippen molar-refractivity contribution in [1.29, 1.82) is 0 Å². The maximum absolute atomic E-state index is 6.53. The topological polar surface area (TPSA) is 40.6 Å². The first-order valence-corrected chi connectivity index (χ1v) is 15.0. The summed E-state index contributed by atoms with van der Waals surface area (Å²) in [6.45, 7) is 14.4. The van der Waals surface area contributed by atoms with Gasteiger partial charge in [0.25, 0.3) is 0 Å². The molecule has 0 amide bonds. The molecule has 0 radical (unpaired) electrons. The average molecular weight is 559 g/mol.